The largest absolute Gasteiger partial charge is 0.308 e. The van der Waals surface area contributed by atoms with Crippen LogP contribution in [0.5, 0.6) is 0 Å². The minimum Gasteiger partial charge on any atom is -0.308 e. The zero-order valence-corrected chi connectivity index (χ0v) is 17.1. The smallest absolute Gasteiger partial charge is 0.265 e. The van der Waals surface area contributed by atoms with Crippen molar-refractivity contribution in [1.82, 2.24) is 24.1 Å². The van der Waals surface area contributed by atoms with Crippen LogP contribution in [0.4, 0.5) is 0 Å². The number of para-hydroxylation sites is 2. The molecule has 0 amide bonds. The topological polar surface area (TPSA) is 65.6 Å². The van der Waals surface area contributed by atoms with E-state index in [-0.39, 0.29) is 5.56 Å². The van der Waals surface area contributed by atoms with Crippen molar-refractivity contribution in [2.45, 2.75) is 60.0 Å². The van der Waals surface area contributed by atoms with Gasteiger partial charge < -0.3 is 4.57 Å². The molecule has 6 heteroatoms. The Morgan fingerprint density at radius 2 is 1.68 bits per heavy atom. The number of nitrogens with zero attached hydrogens (tertiary/aromatic N) is 5. The number of benzene rings is 1. The second-order valence-electron chi connectivity index (χ2n) is 7.89. The van der Waals surface area contributed by atoms with E-state index in [1.807, 2.05) is 31.2 Å². The van der Waals surface area contributed by atoms with E-state index >= 15 is 0 Å². The Labute approximate surface area is 164 Å². The third-order valence-corrected chi connectivity index (χ3v) is 5.31. The van der Waals surface area contributed by atoms with Gasteiger partial charge in [-0.2, -0.15) is 0 Å². The molecule has 0 saturated heterocycles. The summed E-state index contributed by atoms with van der Waals surface area (Å²) in [5.41, 5.74) is 3.77. The number of aryl methyl sites for hydroxylation is 2. The maximum absolute atomic E-state index is 13.4. The van der Waals surface area contributed by atoms with Crippen molar-refractivity contribution in [1.29, 1.82) is 0 Å². The summed E-state index contributed by atoms with van der Waals surface area (Å²) < 4.78 is 3.87. The summed E-state index contributed by atoms with van der Waals surface area (Å²) in [6.07, 6.45) is 3.01. The van der Waals surface area contributed by atoms with Crippen molar-refractivity contribution >= 4 is 33.2 Å². The van der Waals surface area contributed by atoms with Gasteiger partial charge >= 0.3 is 0 Å². The summed E-state index contributed by atoms with van der Waals surface area (Å²) in [5, 5.41) is 0.596. The van der Waals surface area contributed by atoms with Crippen LogP contribution in [-0.4, -0.2) is 24.1 Å². The first-order valence-electron chi connectivity index (χ1n) is 10.2. The molecule has 0 aliphatic carbocycles. The lowest BCUT2D eigenvalue weighted by atomic mass is 10.1. The van der Waals surface area contributed by atoms with Gasteiger partial charge in [0.1, 0.15) is 16.7 Å². The molecule has 3 heterocycles. The molecule has 0 aliphatic rings. The highest BCUT2D eigenvalue weighted by Gasteiger charge is 2.20. The molecular weight excluding hydrogens is 350 g/mol. The van der Waals surface area contributed by atoms with Crippen LogP contribution in [0.1, 0.15) is 45.9 Å². The average molecular weight is 377 g/mol. The average Bonchev–Trinajstić information content (AvgIpc) is 2.96. The molecule has 6 nitrogen and oxygen atoms in total. The highest BCUT2D eigenvalue weighted by Crippen LogP contribution is 2.26. The third kappa shape index (κ3) is 3.07. The molecule has 0 saturated carbocycles. The highest BCUT2D eigenvalue weighted by molar-refractivity contribution is 6.04. The van der Waals surface area contributed by atoms with Crippen molar-refractivity contribution in [3.8, 4) is 0 Å². The van der Waals surface area contributed by atoms with Crippen molar-refractivity contribution in [3.63, 3.8) is 0 Å². The molecule has 0 radical (unpaired) electrons. The lowest BCUT2D eigenvalue weighted by Gasteiger charge is -2.12. The molecule has 0 fully saturated rings. The van der Waals surface area contributed by atoms with E-state index in [4.69, 9.17) is 15.0 Å². The SMILES string of the molecule is CCCCn1c2nc3ccccc3nc2c2c(=O)n(CCC(C)C)c(C)nc21. The Morgan fingerprint density at radius 1 is 0.964 bits per heavy atom. The first-order chi connectivity index (χ1) is 13.5. The zero-order chi connectivity index (χ0) is 19.8. The first kappa shape index (κ1) is 18.6. The molecule has 4 aromatic rings. The Hall–Kier alpha value is -2.76. The van der Waals surface area contributed by atoms with Gasteiger partial charge in [-0.3, -0.25) is 9.36 Å². The molecule has 0 unspecified atom stereocenters. The number of hydrogen-bond donors (Lipinski definition) is 0. The summed E-state index contributed by atoms with van der Waals surface area (Å²) in [7, 11) is 0. The maximum Gasteiger partial charge on any atom is 0.265 e. The highest BCUT2D eigenvalue weighted by atomic mass is 16.1. The summed E-state index contributed by atoms with van der Waals surface area (Å²) >= 11 is 0. The van der Waals surface area contributed by atoms with Gasteiger partial charge in [0.2, 0.25) is 0 Å². The normalized spacial score (nSPS) is 12.0. The van der Waals surface area contributed by atoms with Gasteiger partial charge in [0.15, 0.2) is 11.3 Å². The molecule has 0 atom stereocenters. The summed E-state index contributed by atoms with van der Waals surface area (Å²) in [5.74, 6) is 1.28. The molecule has 0 bridgehead atoms. The van der Waals surface area contributed by atoms with Gasteiger partial charge in [-0.05, 0) is 37.8 Å². The van der Waals surface area contributed by atoms with Crippen molar-refractivity contribution in [2.24, 2.45) is 5.92 Å². The van der Waals surface area contributed by atoms with Gasteiger partial charge in [-0.1, -0.05) is 39.3 Å². The molecule has 0 aliphatic heterocycles. The van der Waals surface area contributed by atoms with Gasteiger partial charge in [0.05, 0.1) is 11.0 Å². The van der Waals surface area contributed by atoms with Crippen LogP contribution < -0.4 is 5.56 Å². The molecule has 146 valence electrons. The van der Waals surface area contributed by atoms with E-state index in [1.165, 1.54) is 0 Å². The quantitative estimate of drug-likeness (QED) is 0.498. The van der Waals surface area contributed by atoms with E-state index < -0.39 is 0 Å². The summed E-state index contributed by atoms with van der Waals surface area (Å²) in [4.78, 5) is 28.0. The number of hydrogen-bond acceptors (Lipinski definition) is 4. The fourth-order valence-corrected chi connectivity index (χ4v) is 3.68. The molecule has 3 aromatic heterocycles. The van der Waals surface area contributed by atoms with E-state index in [0.29, 0.717) is 29.0 Å². The van der Waals surface area contributed by atoms with Gasteiger partial charge in [0, 0.05) is 13.1 Å². The van der Waals surface area contributed by atoms with Crippen LogP contribution in [-0.2, 0) is 13.1 Å². The van der Waals surface area contributed by atoms with Crippen LogP contribution in [0.15, 0.2) is 29.1 Å². The number of fused-ring (bicyclic) bond motifs is 4. The summed E-state index contributed by atoms with van der Waals surface area (Å²) in [6, 6.07) is 7.81. The molecule has 28 heavy (non-hydrogen) atoms. The van der Waals surface area contributed by atoms with Crippen LogP contribution >= 0.6 is 0 Å². The van der Waals surface area contributed by atoms with E-state index in [1.54, 1.807) is 4.57 Å². The zero-order valence-electron chi connectivity index (χ0n) is 17.1. The second kappa shape index (κ2) is 7.34. The van der Waals surface area contributed by atoms with E-state index in [0.717, 1.165) is 48.3 Å². The van der Waals surface area contributed by atoms with Crippen LogP contribution in [0.3, 0.4) is 0 Å². The first-order valence-corrected chi connectivity index (χ1v) is 10.2. The predicted octanol–water partition coefficient (Wildman–Crippen LogP) is 4.45. The van der Waals surface area contributed by atoms with Crippen LogP contribution in [0.25, 0.3) is 33.2 Å². The Morgan fingerprint density at radius 3 is 2.36 bits per heavy atom. The number of unbranched alkanes of at least 4 members (excludes halogenated alkanes) is 1. The minimum absolute atomic E-state index is 0.00650. The molecule has 1 aromatic carbocycles. The molecule has 0 spiro atoms. The Kier molecular flexibility index (Phi) is 4.87. The lowest BCUT2D eigenvalue weighted by molar-refractivity contribution is 0.498. The Balaban J connectivity index is 2.07. The van der Waals surface area contributed by atoms with Gasteiger partial charge in [0.25, 0.3) is 5.56 Å². The molecule has 4 rings (SSSR count). The second-order valence-corrected chi connectivity index (χ2v) is 7.89. The Bertz CT molecular complexity index is 1220. The van der Waals surface area contributed by atoms with Crippen molar-refractivity contribution < 1.29 is 0 Å². The lowest BCUT2D eigenvalue weighted by Crippen LogP contribution is -2.25. The number of aromatic nitrogens is 5. The molecule has 0 N–H and O–H groups in total. The van der Waals surface area contributed by atoms with Crippen LogP contribution in [0.2, 0.25) is 0 Å². The van der Waals surface area contributed by atoms with Crippen LogP contribution in [0, 0.1) is 12.8 Å². The summed E-state index contributed by atoms with van der Waals surface area (Å²) in [6.45, 7) is 9.87. The van der Waals surface area contributed by atoms with E-state index in [9.17, 15) is 4.79 Å². The minimum atomic E-state index is -0.00650. The standard InChI is InChI=1S/C22H27N5O/c1-5-6-12-27-20-18(22(28)26(15(4)23-20)13-11-14(2)3)19-21(27)25-17-10-8-7-9-16(17)24-19/h7-10,14H,5-6,11-13H2,1-4H3. The monoisotopic (exact) mass is 377 g/mol. The van der Waals surface area contributed by atoms with Gasteiger partial charge in [-0.15, -0.1) is 0 Å². The van der Waals surface area contributed by atoms with E-state index in [2.05, 4.69) is 25.3 Å². The van der Waals surface area contributed by atoms with Crippen molar-refractivity contribution in [3.05, 3.63) is 40.4 Å². The third-order valence-electron chi connectivity index (χ3n) is 5.31. The maximum atomic E-state index is 13.4. The van der Waals surface area contributed by atoms with Gasteiger partial charge in [-0.25, -0.2) is 15.0 Å². The van der Waals surface area contributed by atoms with Crippen molar-refractivity contribution in [2.75, 3.05) is 0 Å². The number of rotatable bonds is 6. The predicted molar refractivity (Wildman–Crippen MR) is 114 cm³/mol. The fraction of sp³-hybridized carbons (Fsp3) is 0.455. The fourth-order valence-electron chi connectivity index (χ4n) is 3.68. The molecular formula is C22H27N5O.